The number of hydrogen-bond donors (Lipinski definition) is 4. The molecule has 0 spiro atoms. The molecule has 0 saturated carbocycles. The van der Waals surface area contributed by atoms with Crippen LogP contribution in [0.1, 0.15) is 17.3 Å². The van der Waals surface area contributed by atoms with Gasteiger partial charge in [0.2, 0.25) is 15.9 Å². The lowest BCUT2D eigenvalue weighted by molar-refractivity contribution is -0.114. The monoisotopic (exact) mass is 463 g/mol. The summed E-state index contributed by atoms with van der Waals surface area (Å²) in [6, 6.07) is 19.1. The lowest BCUT2D eigenvalue weighted by Crippen LogP contribution is -2.18. The van der Waals surface area contributed by atoms with Gasteiger partial charge in [-0.15, -0.1) is 0 Å². The number of benzene rings is 3. The third-order valence-corrected chi connectivity index (χ3v) is 5.28. The van der Waals surface area contributed by atoms with Crippen LogP contribution >= 0.6 is 0 Å². The lowest BCUT2D eigenvalue weighted by Gasteiger charge is -2.13. The number of carbonyl (C=O) groups is 2. The number of H-pyrrole nitrogens is 1. The van der Waals surface area contributed by atoms with Gasteiger partial charge < -0.3 is 15.6 Å². The number of imidazole rings is 1. The Bertz CT molecular complexity index is 1430. The van der Waals surface area contributed by atoms with Crippen LogP contribution in [-0.4, -0.2) is 36.5 Å². The van der Waals surface area contributed by atoms with Gasteiger partial charge in [-0.05, 0) is 54.6 Å². The van der Waals surface area contributed by atoms with E-state index >= 15 is 0 Å². The minimum Gasteiger partial charge on any atom is -0.338 e. The second-order valence-electron chi connectivity index (χ2n) is 7.45. The SMILES string of the molecule is CC(=O)Nc1ccc(NS(C)(=O)=O)c(C(=O)Nc2ccc(-c3nc4ccccc4[nH]3)cc2)c1. The maximum atomic E-state index is 13.0. The number of aromatic nitrogens is 2. The first-order chi connectivity index (χ1) is 15.7. The average Bonchev–Trinajstić information content (AvgIpc) is 3.18. The number of nitrogens with one attached hydrogen (secondary N) is 4. The summed E-state index contributed by atoms with van der Waals surface area (Å²) >= 11 is 0. The van der Waals surface area contributed by atoms with E-state index in [-0.39, 0.29) is 17.2 Å². The normalized spacial score (nSPS) is 11.2. The topological polar surface area (TPSA) is 133 Å². The number of fused-ring (bicyclic) bond motifs is 1. The zero-order valence-corrected chi connectivity index (χ0v) is 18.7. The number of para-hydroxylation sites is 2. The number of hydrogen-bond acceptors (Lipinski definition) is 5. The molecule has 4 aromatic rings. The zero-order chi connectivity index (χ0) is 23.6. The molecule has 4 N–H and O–H groups in total. The molecule has 9 nitrogen and oxygen atoms in total. The van der Waals surface area contributed by atoms with E-state index in [0.29, 0.717) is 17.2 Å². The standard InChI is InChI=1S/C23H21N5O4S/c1-14(29)24-17-11-12-19(28-33(2,31)32)18(13-17)23(30)25-16-9-7-15(8-10-16)22-26-20-5-3-4-6-21(20)27-22/h3-13,28H,1-2H3,(H,24,29)(H,25,30)(H,26,27). The van der Waals surface area contributed by atoms with E-state index in [0.717, 1.165) is 22.9 Å². The van der Waals surface area contributed by atoms with Crippen LogP contribution in [0.5, 0.6) is 0 Å². The van der Waals surface area contributed by atoms with Gasteiger partial charge in [0, 0.05) is 23.9 Å². The van der Waals surface area contributed by atoms with Crippen molar-refractivity contribution in [3.05, 3.63) is 72.3 Å². The summed E-state index contributed by atoms with van der Waals surface area (Å²) in [6.45, 7) is 1.34. The third-order valence-electron chi connectivity index (χ3n) is 4.69. The van der Waals surface area contributed by atoms with Gasteiger partial charge in [-0.1, -0.05) is 12.1 Å². The molecular weight excluding hydrogens is 442 g/mol. The zero-order valence-electron chi connectivity index (χ0n) is 17.8. The van der Waals surface area contributed by atoms with Crippen molar-refractivity contribution in [2.75, 3.05) is 21.6 Å². The Balaban J connectivity index is 1.58. The van der Waals surface area contributed by atoms with Crippen molar-refractivity contribution < 1.29 is 18.0 Å². The number of aromatic amines is 1. The molecule has 0 aliphatic rings. The third kappa shape index (κ3) is 5.36. The Labute approximate surface area is 190 Å². The minimum absolute atomic E-state index is 0.0630. The molecule has 168 valence electrons. The number of carbonyl (C=O) groups excluding carboxylic acids is 2. The quantitative estimate of drug-likeness (QED) is 0.345. The van der Waals surface area contributed by atoms with Crippen LogP contribution in [0.15, 0.2) is 66.7 Å². The molecule has 4 rings (SSSR count). The Kier molecular flexibility index (Phi) is 5.84. The van der Waals surface area contributed by atoms with Crippen LogP contribution in [0.3, 0.4) is 0 Å². The summed E-state index contributed by atoms with van der Waals surface area (Å²) in [5, 5.41) is 5.34. The summed E-state index contributed by atoms with van der Waals surface area (Å²) in [5.74, 6) is -0.145. The summed E-state index contributed by atoms with van der Waals surface area (Å²) in [6.07, 6.45) is 0.993. The molecule has 1 aromatic heterocycles. The largest absolute Gasteiger partial charge is 0.338 e. The number of sulfonamides is 1. The second kappa shape index (κ2) is 8.75. The number of rotatable bonds is 6. The lowest BCUT2D eigenvalue weighted by atomic mass is 10.1. The first kappa shape index (κ1) is 22.0. The first-order valence-corrected chi connectivity index (χ1v) is 11.8. The van der Waals surface area contributed by atoms with E-state index in [1.54, 1.807) is 12.1 Å². The van der Waals surface area contributed by atoms with Gasteiger partial charge in [0.15, 0.2) is 0 Å². The van der Waals surface area contributed by atoms with E-state index in [1.165, 1.54) is 25.1 Å². The molecule has 33 heavy (non-hydrogen) atoms. The van der Waals surface area contributed by atoms with E-state index < -0.39 is 15.9 Å². The molecule has 2 amide bonds. The van der Waals surface area contributed by atoms with Crippen LogP contribution in [0.4, 0.5) is 17.1 Å². The van der Waals surface area contributed by atoms with Crippen LogP contribution in [0.2, 0.25) is 0 Å². The molecule has 0 saturated heterocycles. The van der Waals surface area contributed by atoms with Crippen molar-refractivity contribution in [1.82, 2.24) is 9.97 Å². The average molecular weight is 464 g/mol. The van der Waals surface area contributed by atoms with Crippen LogP contribution in [0.25, 0.3) is 22.4 Å². The smallest absolute Gasteiger partial charge is 0.257 e. The van der Waals surface area contributed by atoms with Gasteiger partial charge >= 0.3 is 0 Å². The fourth-order valence-corrected chi connectivity index (χ4v) is 3.88. The molecule has 1 heterocycles. The number of anilines is 3. The molecule has 0 radical (unpaired) electrons. The van der Waals surface area contributed by atoms with Crippen molar-refractivity contribution >= 4 is 49.9 Å². The van der Waals surface area contributed by atoms with E-state index in [2.05, 4.69) is 25.3 Å². The maximum absolute atomic E-state index is 13.0. The van der Waals surface area contributed by atoms with Gasteiger partial charge in [-0.3, -0.25) is 14.3 Å². The Morgan fingerprint density at radius 1 is 0.909 bits per heavy atom. The van der Waals surface area contributed by atoms with Crippen molar-refractivity contribution in [2.24, 2.45) is 0 Å². The van der Waals surface area contributed by atoms with E-state index in [4.69, 9.17) is 0 Å². The van der Waals surface area contributed by atoms with Crippen LogP contribution in [-0.2, 0) is 14.8 Å². The second-order valence-corrected chi connectivity index (χ2v) is 9.20. The van der Waals surface area contributed by atoms with Crippen molar-refractivity contribution in [3.8, 4) is 11.4 Å². The van der Waals surface area contributed by atoms with Crippen LogP contribution < -0.4 is 15.4 Å². The predicted octanol–water partition coefficient (Wildman–Crippen LogP) is 3.81. The predicted molar refractivity (Wildman–Crippen MR) is 129 cm³/mol. The summed E-state index contributed by atoms with van der Waals surface area (Å²) in [4.78, 5) is 32.1. The Morgan fingerprint density at radius 3 is 2.27 bits per heavy atom. The van der Waals surface area contributed by atoms with E-state index in [1.807, 2.05) is 36.4 Å². The van der Waals surface area contributed by atoms with Gasteiger partial charge in [-0.25, -0.2) is 13.4 Å². The van der Waals surface area contributed by atoms with Crippen molar-refractivity contribution in [2.45, 2.75) is 6.92 Å². The first-order valence-electron chi connectivity index (χ1n) is 9.94. The van der Waals surface area contributed by atoms with Gasteiger partial charge in [-0.2, -0.15) is 0 Å². The molecule has 0 bridgehead atoms. The van der Waals surface area contributed by atoms with Gasteiger partial charge in [0.1, 0.15) is 5.82 Å². The highest BCUT2D eigenvalue weighted by molar-refractivity contribution is 7.92. The van der Waals surface area contributed by atoms with Gasteiger partial charge in [0.25, 0.3) is 5.91 Å². The summed E-state index contributed by atoms with van der Waals surface area (Å²) in [7, 11) is -3.62. The maximum Gasteiger partial charge on any atom is 0.257 e. The fourth-order valence-electron chi connectivity index (χ4n) is 3.30. The number of amides is 2. The fraction of sp³-hybridized carbons (Fsp3) is 0.0870. The highest BCUT2D eigenvalue weighted by Crippen LogP contribution is 2.25. The number of nitrogens with zero attached hydrogens (tertiary/aromatic N) is 1. The molecule has 3 aromatic carbocycles. The van der Waals surface area contributed by atoms with Crippen LogP contribution in [0, 0.1) is 0 Å². The summed E-state index contributed by atoms with van der Waals surface area (Å²) < 4.78 is 25.8. The molecule has 0 fully saturated rings. The minimum atomic E-state index is -3.62. The highest BCUT2D eigenvalue weighted by Gasteiger charge is 2.16. The van der Waals surface area contributed by atoms with Crippen molar-refractivity contribution in [3.63, 3.8) is 0 Å². The molecule has 0 aliphatic heterocycles. The van der Waals surface area contributed by atoms with E-state index in [9.17, 15) is 18.0 Å². The highest BCUT2D eigenvalue weighted by atomic mass is 32.2. The van der Waals surface area contributed by atoms with Gasteiger partial charge in [0.05, 0.1) is 28.5 Å². The van der Waals surface area contributed by atoms with Crippen molar-refractivity contribution in [1.29, 1.82) is 0 Å². The Hall–Kier alpha value is -4.18. The molecule has 0 unspecified atom stereocenters. The molecule has 0 atom stereocenters. The summed E-state index contributed by atoms with van der Waals surface area (Å²) in [5.41, 5.74) is 3.67. The molecular formula is C23H21N5O4S. The Morgan fingerprint density at radius 2 is 1.61 bits per heavy atom. The molecule has 0 aliphatic carbocycles. The molecule has 10 heteroatoms.